The third-order valence-corrected chi connectivity index (χ3v) is 20.0. The van der Waals surface area contributed by atoms with Crippen molar-refractivity contribution in [2.75, 3.05) is 40.1 Å². The molecule has 1 fully saturated rings. The number of para-hydroxylation sites is 2. The van der Waals surface area contributed by atoms with Gasteiger partial charge in [0.15, 0.2) is 21.7 Å². The predicted octanol–water partition coefficient (Wildman–Crippen LogP) is 15.9. The number of carbonyl (C=O) groups is 5. The molecule has 101 heavy (non-hydrogen) atoms. The van der Waals surface area contributed by atoms with Crippen LogP contribution in [0.3, 0.4) is 0 Å². The van der Waals surface area contributed by atoms with E-state index in [-0.39, 0.29) is 29.2 Å². The molecule has 10 aromatic rings. The van der Waals surface area contributed by atoms with E-state index in [0.29, 0.717) is 108 Å². The molecule has 1 saturated heterocycles. The topological polar surface area (TPSA) is 223 Å². The lowest BCUT2D eigenvalue weighted by Gasteiger charge is -2.32. The van der Waals surface area contributed by atoms with Crippen molar-refractivity contribution in [2.24, 2.45) is 0 Å². The Balaban J connectivity index is 0.000000197. The first-order valence-electron chi connectivity index (χ1n) is 34.1. The number of thiazole rings is 2. The van der Waals surface area contributed by atoms with Crippen LogP contribution in [0.1, 0.15) is 164 Å². The zero-order chi connectivity index (χ0) is 71.5. The van der Waals surface area contributed by atoms with Crippen LogP contribution < -0.4 is 30.6 Å². The van der Waals surface area contributed by atoms with E-state index in [1.165, 1.54) is 22.7 Å². The van der Waals surface area contributed by atoms with Crippen molar-refractivity contribution in [3.05, 3.63) is 208 Å². The summed E-state index contributed by atoms with van der Waals surface area (Å²) in [4.78, 5) is 89.5. The number of ether oxygens (including phenoxy) is 4. The van der Waals surface area contributed by atoms with Gasteiger partial charge in [-0.25, -0.2) is 29.5 Å². The third-order valence-electron chi connectivity index (χ3n) is 18.1. The molecule has 0 aliphatic carbocycles. The number of hydrogen-bond acceptors (Lipinski definition) is 19. The first-order valence-corrected chi connectivity index (χ1v) is 35.7. The summed E-state index contributed by atoms with van der Waals surface area (Å²) >= 11 is 2.89. The normalized spacial score (nSPS) is 14.7. The Bertz CT molecular complexity index is 4710. The quantitative estimate of drug-likeness (QED) is 0.0491. The van der Waals surface area contributed by atoms with Crippen molar-refractivity contribution in [1.29, 1.82) is 0 Å². The van der Waals surface area contributed by atoms with Gasteiger partial charge in [0, 0.05) is 54.8 Å². The number of benzene rings is 6. The second-order valence-corrected chi connectivity index (χ2v) is 30.3. The Hall–Kier alpha value is -9.87. The standard InChI is InChI=1S/C46H46N4O6S.C33H37BN4O5S/c1-6-54-41(51)19-9-12-30-20-22-32(23-21-30)55-38-17-11-14-33(29(38)2)34-24-25-40(48-42(34)44(53)56-46(3,4)5)50-27-26-31-13-10-15-35(36(31)28-50)43(52)49-45-47-37-16-7-8-18-39(37)57-45;1-31(2,3)41-29(40)27-23(34-42-32(4,5)33(6,7)43-34)15-16-26(36-27)38-18-17-20-11-10-12-21(22(20)19-38)28(39)37-30-35-24-13-8-9-14-25(24)44-30/h7-8,10-11,13-18,20-25H,6,9,12,19,26-28H2,1-5H3,(H,47,49,52);8-16H,17-19H2,1-7H3,(H,35,37,39). The SMILES string of the molecule is CC(C)(C)OC(=O)c1nc(N2CCc3cccc(C(=O)Nc4nc5ccccc5s4)c3C2)ccc1B1OC(C)(C)C(C)(C)O1.CCOC(=O)CCCc1ccc(Oc2cccc(-c3ccc(N4CCc5cccc(C(=O)Nc6nc7ccccc7s6)c5C4)nc3C(=O)OC(C)(C)C)c2C)cc1. The number of aromatic nitrogens is 4. The summed E-state index contributed by atoms with van der Waals surface area (Å²) in [6.07, 6.45) is 3.28. The van der Waals surface area contributed by atoms with Crippen molar-refractivity contribution in [3.8, 4) is 22.6 Å². The molecule has 0 atom stereocenters. The minimum absolute atomic E-state index is 0.156. The number of amides is 2. The molecule has 2 amide bonds. The van der Waals surface area contributed by atoms with Gasteiger partial charge in [-0.05, 0) is 221 Å². The van der Waals surface area contributed by atoms with Crippen LogP contribution in [0.2, 0.25) is 0 Å². The van der Waals surface area contributed by atoms with Gasteiger partial charge in [0.2, 0.25) is 0 Å². The average Bonchev–Trinajstić information content (AvgIpc) is 1.74. The Morgan fingerprint density at radius 3 is 1.60 bits per heavy atom. The number of rotatable bonds is 17. The van der Waals surface area contributed by atoms with Crippen LogP contribution in [-0.2, 0) is 60.7 Å². The second kappa shape index (κ2) is 29.4. The van der Waals surface area contributed by atoms with E-state index in [9.17, 15) is 24.0 Å². The molecule has 3 aliphatic heterocycles. The maximum atomic E-state index is 13.9. The van der Waals surface area contributed by atoms with E-state index in [0.717, 1.165) is 72.2 Å². The molecule has 0 radical (unpaired) electrons. The summed E-state index contributed by atoms with van der Waals surface area (Å²) in [6.45, 7) is 25.2. The number of nitrogens with one attached hydrogen (secondary N) is 2. The molecule has 13 rings (SSSR count). The van der Waals surface area contributed by atoms with Gasteiger partial charge >= 0.3 is 25.0 Å². The lowest BCUT2D eigenvalue weighted by atomic mass is 9.77. The van der Waals surface area contributed by atoms with Crippen molar-refractivity contribution >= 4 is 107 Å². The molecule has 19 nitrogen and oxygen atoms in total. The minimum atomic E-state index is -0.774. The smallest absolute Gasteiger partial charge is 0.466 e. The number of fused-ring (bicyclic) bond motifs is 4. The highest BCUT2D eigenvalue weighted by molar-refractivity contribution is 7.22. The van der Waals surface area contributed by atoms with Gasteiger partial charge in [-0.15, -0.1) is 0 Å². The minimum Gasteiger partial charge on any atom is -0.466 e. The summed E-state index contributed by atoms with van der Waals surface area (Å²) in [5.74, 6) is 0.856. The molecule has 520 valence electrons. The molecule has 0 saturated carbocycles. The molecule has 22 heteroatoms. The monoisotopic (exact) mass is 1390 g/mol. The first-order chi connectivity index (χ1) is 48.2. The van der Waals surface area contributed by atoms with E-state index in [4.69, 9.17) is 38.2 Å². The molecule has 0 spiro atoms. The van der Waals surface area contributed by atoms with Gasteiger partial charge in [0.25, 0.3) is 11.8 Å². The number of pyridine rings is 2. The fourth-order valence-corrected chi connectivity index (χ4v) is 14.0. The van der Waals surface area contributed by atoms with E-state index in [2.05, 4.69) is 42.5 Å². The largest absolute Gasteiger partial charge is 0.497 e. The van der Waals surface area contributed by atoms with Crippen LogP contribution in [0.25, 0.3) is 31.6 Å². The van der Waals surface area contributed by atoms with E-state index in [1.54, 1.807) is 0 Å². The number of aryl methyl sites for hydroxylation is 1. The molecule has 3 aliphatic rings. The van der Waals surface area contributed by atoms with Gasteiger partial charge in [-0.1, -0.05) is 102 Å². The highest BCUT2D eigenvalue weighted by Crippen LogP contribution is 2.40. The van der Waals surface area contributed by atoms with Crippen molar-refractivity contribution in [2.45, 2.75) is 151 Å². The Kier molecular flexibility index (Phi) is 20.6. The Morgan fingerprint density at radius 1 is 0.574 bits per heavy atom. The zero-order valence-corrected chi connectivity index (χ0v) is 60.7. The highest BCUT2D eigenvalue weighted by atomic mass is 32.1. The van der Waals surface area contributed by atoms with Crippen LogP contribution in [0.5, 0.6) is 11.5 Å². The van der Waals surface area contributed by atoms with Crippen LogP contribution in [0.15, 0.2) is 152 Å². The van der Waals surface area contributed by atoms with Crippen LogP contribution in [0.4, 0.5) is 21.9 Å². The average molecular weight is 1400 g/mol. The summed E-state index contributed by atoms with van der Waals surface area (Å²) < 4.78 is 37.7. The first kappa shape index (κ1) is 71.0. The predicted molar refractivity (Wildman–Crippen MR) is 398 cm³/mol. The number of hydrogen-bond donors (Lipinski definition) is 2. The van der Waals surface area contributed by atoms with Crippen LogP contribution >= 0.6 is 22.7 Å². The lowest BCUT2D eigenvalue weighted by molar-refractivity contribution is -0.143. The fraction of sp³-hybridized carbons (Fsp3) is 0.329. The number of esters is 3. The Labute approximate surface area is 597 Å². The summed E-state index contributed by atoms with van der Waals surface area (Å²) in [7, 11) is -0.774. The molecule has 6 aromatic carbocycles. The van der Waals surface area contributed by atoms with Crippen LogP contribution in [-0.4, -0.2) is 98.9 Å². The Morgan fingerprint density at radius 2 is 1.08 bits per heavy atom. The van der Waals surface area contributed by atoms with Gasteiger partial charge in [-0.2, -0.15) is 0 Å². The van der Waals surface area contributed by atoms with Gasteiger partial charge in [-0.3, -0.25) is 25.0 Å². The van der Waals surface area contributed by atoms with Gasteiger partial charge in [0.05, 0.1) is 38.2 Å². The van der Waals surface area contributed by atoms with E-state index >= 15 is 0 Å². The van der Waals surface area contributed by atoms with Gasteiger partial charge < -0.3 is 38.1 Å². The maximum Gasteiger partial charge on any atom is 0.497 e. The van der Waals surface area contributed by atoms with Gasteiger partial charge in [0.1, 0.15) is 34.3 Å². The summed E-state index contributed by atoms with van der Waals surface area (Å²) in [6, 6.07) is 48.4. The van der Waals surface area contributed by atoms with Crippen molar-refractivity contribution in [3.63, 3.8) is 0 Å². The number of nitrogens with zero attached hydrogens (tertiary/aromatic N) is 6. The van der Waals surface area contributed by atoms with E-state index < -0.39 is 41.5 Å². The zero-order valence-electron chi connectivity index (χ0n) is 59.1. The molecule has 2 N–H and O–H groups in total. The molecular formula is C79H83BN8O11S2. The lowest BCUT2D eigenvalue weighted by Crippen LogP contribution is -2.41. The number of anilines is 4. The molecular weight excluding hydrogens is 1310 g/mol. The van der Waals surface area contributed by atoms with E-state index in [1.807, 2.05) is 223 Å². The maximum absolute atomic E-state index is 13.9. The molecule has 0 bridgehead atoms. The summed E-state index contributed by atoms with van der Waals surface area (Å²) in [5, 5.41) is 7.12. The second-order valence-electron chi connectivity index (χ2n) is 28.2. The highest BCUT2D eigenvalue weighted by Gasteiger charge is 2.53. The molecule has 0 unspecified atom stereocenters. The molecule has 4 aromatic heterocycles. The summed E-state index contributed by atoms with van der Waals surface area (Å²) in [5.41, 5.74) is 8.53. The van der Waals surface area contributed by atoms with Crippen molar-refractivity contribution < 1.29 is 52.2 Å². The van der Waals surface area contributed by atoms with Crippen molar-refractivity contribution in [1.82, 2.24) is 19.9 Å². The third kappa shape index (κ3) is 16.5. The van der Waals surface area contributed by atoms with Crippen LogP contribution in [0, 0.1) is 6.92 Å². The number of carbonyl (C=O) groups excluding carboxylic acids is 5. The molecule has 7 heterocycles. The fourth-order valence-electron chi connectivity index (χ4n) is 12.3.